The molecule has 0 aliphatic heterocycles. The van der Waals surface area contributed by atoms with Gasteiger partial charge in [-0.1, -0.05) is 44.0 Å². The van der Waals surface area contributed by atoms with Crippen molar-refractivity contribution in [1.29, 1.82) is 0 Å². The molecule has 6 heteroatoms. The molecule has 0 atom stereocenters. The number of rotatable bonds is 4. The number of halogens is 2. The molecule has 4 nitrogen and oxygen atoms in total. The molecule has 0 unspecified atom stereocenters. The lowest BCUT2D eigenvalue weighted by Gasteiger charge is -2.11. The normalized spacial score (nSPS) is 10.7. The van der Waals surface area contributed by atoms with Crippen LogP contribution < -0.4 is 10.1 Å². The molecule has 0 saturated carbocycles. The van der Waals surface area contributed by atoms with E-state index < -0.39 is 0 Å². The summed E-state index contributed by atoms with van der Waals surface area (Å²) in [4.78, 5) is 17.9. The van der Waals surface area contributed by atoms with Gasteiger partial charge in [-0.15, -0.1) is 0 Å². The number of ether oxygens (including phenoxy) is 1. The maximum absolute atomic E-state index is 13.1. The average Bonchev–Trinajstić information content (AvgIpc) is 2.74. The summed E-state index contributed by atoms with van der Waals surface area (Å²) in [6.45, 7) is 0. The van der Waals surface area contributed by atoms with Crippen LogP contribution in [0.2, 0.25) is 0 Å². The van der Waals surface area contributed by atoms with Crippen LogP contribution in [0.3, 0.4) is 0 Å². The molecule has 0 fully saturated rings. The Balaban J connectivity index is 1.78. The summed E-state index contributed by atoms with van der Waals surface area (Å²) in [6, 6.07) is 22.7. The molecular weight excluding hydrogens is 496 g/mol. The van der Waals surface area contributed by atoms with Gasteiger partial charge in [-0.05, 0) is 60.7 Å². The number of fused-ring (bicyclic) bond motifs is 1. The standard InChI is InChI=1S/C23H16Br2N2O2/c1-29-18-9-7-17(8-10-18)26-23(28)20-13-22(14-2-4-15(24)5-3-14)27-21-11-6-16(25)12-19(20)21/h2-13H,1H3,(H,26,28). The first-order valence-corrected chi connectivity index (χ1v) is 10.4. The van der Waals surface area contributed by atoms with Gasteiger partial charge in [0.15, 0.2) is 0 Å². The molecule has 0 aliphatic rings. The first kappa shape index (κ1) is 19.6. The molecule has 3 aromatic carbocycles. The van der Waals surface area contributed by atoms with Crippen molar-refractivity contribution in [3.05, 3.63) is 87.3 Å². The van der Waals surface area contributed by atoms with Gasteiger partial charge < -0.3 is 10.1 Å². The molecule has 0 aliphatic carbocycles. The Morgan fingerprint density at radius 2 is 1.59 bits per heavy atom. The highest BCUT2D eigenvalue weighted by atomic mass is 79.9. The number of amides is 1. The molecule has 1 N–H and O–H groups in total. The highest BCUT2D eigenvalue weighted by molar-refractivity contribution is 9.10. The van der Waals surface area contributed by atoms with E-state index in [1.54, 1.807) is 7.11 Å². The van der Waals surface area contributed by atoms with E-state index in [0.717, 1.165) is 36.9 Å². The van der Waals surface area contributed by atoms with Crippen LogP contribution in [0.1, 0.15) is 10.4 Å². The summed E-state index contributed by atoms with van der Waals surface area (Å²) in [5.74, 6) is 0.540. The zero-order valence-electron chi connectivity index (χ0n) is 15.4. The second-order valence-corrected chi connectivity index (χ2v) is 8.24. The molecule has 1 heterocycles. The van der Waals surface area contributed by atoms with Crippen LogP contribution in [0.15, 0.2) is 81.7 Å². The summed E-state index contributed by atoms with van der Waals surface area (Å²) in [5, 5.41) is 3.75. The van der Waals surface area contributed by atoms with E-state index in [1.165, 1.54) is 0 Å². The number of pyridine rings is 1. The fourth-order valence-electron chi connectivity index (χ4n) is 3.03. The van der Waals surface area contributed by atoms with Gasteiger partial charge in [-0.2, -0.15) is 0 Å². The minimum absolute atomic E-state index is 0.195. The largest absolute Gasteiger partial charge is 0.497 e. The van der Waals surface area contributed by atoms with Crippen molar-refractivity contribution in [2.75, 3.05) is 12.4 Å². The highest BCUT2D eigenvalue weighted by Gasteiger charge is 2.15. The Labute approximate surface area is 185 Å². The minimum Gasteiger partial charge on any atom is -0.497 e. The first-order valence-electron chi connectivity index (χ1n) is 8.85. The molecule has 1 aromatic heterocycles. The number of hydrogen-bond acceptors (Lipinski definition) is 3. The molecule has 4 aromatic rings. The predicted octanol–water partition coefficient (Wildman–Crippen LogP) is 6.69. The fourth-order valence-corrected chi connectivity index (χ4v) is 3.65. The monoisotopic (exact) mass is 510 g/mol. The van der Waals surface area contributed by atoms with Gasteiger partial charge >= 0.3 is 0 Å². The van der Waals surface area contributed by atoms with Gasteiger partial charge in [0.25, 0.3) is 5.91 Å². The first-order chi connectivity index (χ1) is 14.0. The summed E-state index contributed by atoms with van der Waals surface area (Å²) in [5.41, 5.74) is 3.70. The van der Waals surface area contributed by atoms with E-state index in [-0.39, 0.29) is 5.91 Å². The van der Waals surface area contributed by atoms with Gasteiger partial charge in [-0.25, -0.2) is 4.98 Å². The van der Waals surface area contributed by atoms with Crippen molar-refractivity contribution < 1.29 is 9.53 Å². The zero-order chi connectivity index (χ0) is 20.4. The Kier molecular flexibility index (Phi) is 5.65. The van der Waals surface area contributed by atoms with Crippen molar-refractivity contribution >= 4 is 54.4 Å². The number of benzene rings is 3. The van der Waals surface area contributed by atoms with Crippen molar-refractivity contribution in [2.24, 2.45) is 0 Å². The lowest BCUT2D eigenvalue weighted by Crippen LogP contribution is -2.13. The number of carbonyl (C=O) groups excluding carboxylic acids is 1. The number of hydrogen-bond donors (Lipinski definition) is 1. The van der Waals surface area contributed by atoms with Crippen molar-refractivity contribution in [3.63, 3.8) is 0 Å². The van der Waals surface area contributed by atoms with Crippen LogP contribution >= 0.6 is 31.9 Å². The smallest absolute Gasteiger partial charge is 0.256 e. The average molecular weight is 512 g/mol. The van der Waals surface area contributed by atoms with Gasteiger partial charge in [0.1, 0.15) is 5.75 Å². The van der Waals surface area contributed by atoms with Gasteiger partial charge in [0.05, 0.1) is 23.9 Å². The van der Waals surface area contributed by atoms with Gasteiger partial charge in [0.2, 0.25) is 0 Å². The van der Waals surface area contributed by atoms with E-state index in [1.807, 2.05) is 72.8 Å². The fraction of sp³-hybridized carbons (Fsp3) is 0.0435. The van der Waals surface area contributed by atoms with Crippen LogP contribution in [0.5, 0.6) is 5.75 Å². The maximum atomic E-state index is 13.1. The number of methoxy groups -OCH3 is 1. The number of anilines is 1. The lowest BCUT2D eigenvalue weighted by atomic mass is 10.0. The van der Waals surface area contributed by atoms with E-state index in [2.05, 4.69) is 37.2 Å². The second kappa shape index (κ2) is 8.35. The van der Waals surface area contributed by atoms with Gasteiger partial charge in [-0.3, -0.25) is 4.79 Å². The van der Waals surface area contributed by atoms with Crippen LogP contribution in [0, 0.1) is 0 Å². The summed E-state index contributed by atoms with van der Waals surface area (Å²) in [7, 11) is 1.61. The topological polar surface area (TPSA) is 51.2 Å². The summed E-state index contributed by atoms with van der Waals surface area (Å²) < 4.78 is 7.05. The highest BCUT2D eigenvalue weighted by Crippen LogP contribution is 2.29. The van der Waals surface area contributed by atoms with Crippen molar-refractivity contribution in [3.8, 4) is 17.0 Å². The molecular formula is C23H16Br2N2O2. The van der Waals surface area contributed by atoms with Crippen LogP contribution in [-0.4, -0.2) is 18.0 Å². The molecule has 144 valence electrons. The summed E-state index contributed by atoms with van der Waals surface area (Å²) in [6.07, 6.45) is 0. The molecule has 1 amide bonds. The van der Waals surface area contributed by atoms with E-state index in [0.29, 0.717) is 11.3 Å². The molecule has 0 radical (unpaired) electrons. The Hall–Kier alpha value is -2.70. The second-order valence-electron chi connectivity index (χ2n) is 6.41. The minimum atomic E-state index is -0.195. The Morgan fingerprint density at radius 1 is 0.897 bits per heavy atom. The zero-order valence-corrected chi connectivity index (χ0v) is 18.6. The maximum Gasteiger partial charge on any atom is 0.256 e. The number of carbonyl (C=O) groups is 1. The lowest BCUT2D eigenvalue weighted by molar-refractivity contribution is 0.102. The predicted molar refractivity (Wildman–Crippen MR) is 124 cm³/mol. The van der Waals surface area contributed by atoms with Crippen LogP contribution in [0.25, 0.3) is 22.2 Å². The van der Waals surface area contributed by atoms with E-state index >= 15 is 0 Å². The molecule has 0 spiro atoms. The number of aromatic nitrogens is 1. The van der Waals surface area contributed by atoms with Crippen LogP contribution in [-0.2, 0) is 0 Å². The van der Waals surface area contributed by atoms with E-state index in [9.17, 15) is 4.79 Å². The molecule has 4 rings (SSSR count). The number of nitrogens with zero attached hydrogens (tertiary/aromatic N) is 1. The van der Waals surface area contributed by atoms with Crippen LogP contribution in [0.4, 0.5) is 5.69 Å². The summed E-state index contributed by atoms with van der Waals surface area (Å²) >= 11 is 6.94. The third kappa shape index (κ3) is 4.33. The third-order valence-electron chi connectivity index (χ3n) is 4.50. The quantitative estimate of drug-likeness (QED) is 0.332. The third-order valence-corrected chi connectivity index (χ3v) is 5.53. The Bertz CT molecular complexity index is 1190. The number of nitrogens with one attached hydrogen (secondary N) is 1. The molecule has 29 heavy (non-hydrogen) atoms. The van der Waals surface area contributed by atoms with Gasteiger partial charge in [0, 0.05) is 25.6 Å². The SMILES string of the molecule is COc1ccc(NC(=O)c2cc(-c3ccc(Br)cc3)nc3ccc(Br)cc23)cc1. The van der Waals surface area contributed by atoms with Crippen molar-refractivity contribution in [2.45, 2.75) is 0 Å². The molecule has 0 bridgehead atoms. The molecule has 0 saturated heterocycles. The van der Waals surface area contributed by atoms with Crippen molar-refractivity contribution in [1.82, 2.24) is 4.98 Å². The Morgan fingerprint density at radius 3 is 2.28 bits per heavy atom. The van der Waals surface area contributed by atoms with E-state index in [4.69, 9.17) is 9.72 Å².